The monoisotopic (exact) mass is 195 g/mol. The minimum atomic E-state index is -0.408. The number of carbonyl (C=O) groups excluding carboxylic acids is 1. The van der Waals surface area contributed by atoms with Crippen molar-refractivity contribution in [3.8, 4) is 6.07 Å². The maximum atomic E-state index is 11.3. The molecule has 0 radical (unpaired) electrons. The first-order valence-corrected chi connectivity index (χ1v) is 4.74. The Morgan fingerprint density at radius 3 is 3.15 bits per heavy atom. The molecule has 1 atom stereocenters. The van der Waals surface area contributed by atoms with Crippen molar-refractivity contribution in [2.75, 3.05) is 0 Å². The van der Waals surface area contributed by atoms with Crippen molar-refractivity contribution in [2.24, 2.45) is 0 Å². The molecule has 5 heteroatoms. The van der Waals surface area contributed by atoms with Crippen LogP contribution < -0.4 is 5.32 Å². The maximum Gasteiger partial charge on any atom is 0.264 e. The lowest BCUT2D eigenvalue weighted by atomic mass is 10.2. The molecule has 4 nitrogen and oxygen atoms in total. The molecule has 0 aliphatic carbocycles. The molecule has 1 aromatic rings. The Morgan fingerprint density at radius 2 is 2.69 bits per heavy atom. The third-order valence-corrected chi connectivity index (χ3v) is 2.30. The molecule has 0 fully saturated rings. The molecule has 0 aliphatic rings. The fourth-order valence-electron chi connectivity index (χ4n) is 0.783. The van der Waals surface area contributed by atoms with Crippen molar-refractivity contribution >= 4 is 17.2 Å². The van der Waals surface area contributed by atoms with Gasteiger partial charge in [0.25, 0.3) is 5.91 Å². The van der Waals surface area contributed by atoms with E-state index in [1.54, 1.807) is 5.51 Å². The predicted molar refractivity (Wildman–Crippen MR) is 49.3 cm³/mol. The third kappa shape index (κ3) is 2.53. The smallest absolute Gasteiger partial charge is 0.264 e. The van der Waals surface area contributed by atoms with E-state index < -0.39 is 6.04 Å². The Labute approximate surface area is 80.2 Å². The zero-order valence-electron chi connectivity index (χ0n) is 7.15. The van der Waals surface area contributed by atoms with E-state index in [1.165, 1.54) is 17.5 Å². The van der Waals surface area contributed by atoms with E-state index in [-0.39, 0.29) is 5.91 Å². The highest BCUT2D eigenvalue weighted by Gasteiger charge is 2.11. The first-order valence-electron chi connectivity index (χ1n) is 3.87. The predicted octanol–water partition coefficient (Wildman–Crippen LogP) is 1.18. The molecule has 13 heavy (non-hydrogen) atoms. The second-order valence-electron chi connectivity index (χ2n) is 2.43. The lowest BCUT2D eigenvalue weighted by Crippen LogP contribution is -2.32. The molecule has 0 bridgehead atoms. The summed E-state index contributed by atoms with van der Waals surface area (Å²) in [6.45, 7) is 1.85. The van der Waals surface area contributed by atoms with E-state index in [4.69, 9.17) is 5.26 Å². The average Bonchev–Trinajstić information content (AvgIpc) is 2.66. The first kappa shape index (κ1) is 9.68. The van der Waals surface area contributed by atoms with E-state index >= 15 is 0 Å². The highest BCUT2D eigenvalue weighted by atomic mass is 32.1. The van der Waals surface area contributed by atoms with Gasteiger partial charge in [-0.3, -0.25) is 9.78 Å². The average molecular weight is 195 g/mol. The van der Waals surface area contributed by atoms with Crippen LogP contribution in [0.3, 0.4) is 0 Å². The molecule has 0 saturated carbocycles. The summed E-state index contributed by atoms with van der Waals surface area (Å²) in [4.78, 5) is 15.7. The summed E-state index contributed by atoms with van der Waals surface area (Å²) < 4.78 is 0. The van der Waals surface area contributed by atoms with Crippen LogP contribution in [0.2, 0.25) is 0 Å². The van der Waals surface area contributed by atoms with E-state index in [0.717, 1.165) is 0 Å². The van der Waals surface area contributed by atoms with Gasteiger partial charge in [-0.25, -0.2) is 0 Å². The van der Waals surface area contributed by atoms with Crippen molar-refractivity contribution in [3.63, 3.8) is 0 Å². The lowest BCUT2D eigenvalue weighted by molar-refractivity contribution is 0.0948. The largest absolute Gasteiger partial charge is 0.336 e. The molecule has 0 saturated heterocycles. The molecular weight excluding hydrogens is 186 g/mol. The lowest BCUT2D eigenvalue weighted by Gasteiger charge is -2.06. The van der Waals surface area contributed by atoms with Gasteiger partial charge in [0.05, 0.1) is 17.8 Å². The quantitative estimate of drug-likeness (QED) is 0.787. The highest BCUT2D eigenvalue weighted by Crippen LogP contribution is 2.05. The number of nitrogens with zero attached hydrogens (tertiary/aromatic N) is 2. The second-order valence-corrected chi connectivity index (χ2v) is 3.32. The van der Waals surface area contributed by atoms with Crippen LogP contribution in [0, 0.1) is 11.3 Å². The third-order valence-electron chi connectivity index (χ3n) is 1.53. The van der Waals surface area contributed by atoms with E-state index in [0.29, 0.717) is 11.3 Å². The van der Waals surface area contributed by atoms with Crippen molar-refractivity contribution < 1.29 is 4.79 Å². The summed E-state index contributed by atoms with van der Waals surface area (Å²) in [5.41, 5.74) is 1.59. The normalized spacial score (nSPS) is 11.7. The summed E-state index contributed by atoms with van der Waals surface area (Å²) in [6.07, 6.45) is 2.10. The van der Waals surface area contributed by atoms with Crippen molar-refractivity contribution in [1.29, 1.82) is 5.26 Å². The van der Waals surface area contributed by atoms with Crippen LogP contribution in [0.5, 0.6) is 0 Å². The van der Waals surface area contributed by atoms with Crippen molar-refractivity contribution in [1.82, 2.24) is 10.3 Å². The molecule has 0 aromatic carbocycles. The zero-order chi connectivity index (χ0) is 9.68. The van der Waals surface area contributed by atoms with Gasteiger partial charge in [0.2, 0.25) is 0 Å². The topological polar surface area (TPSA) is 65.8 Å². The van der Waals surface area contributed by atoms with Gasteiger partial charge in [0, 0.05) is 0 Å². The highest BCUT2D eigenvalue weighted by molar-refractivity contribution is 7.11. The number of hydrogen-bond donors (Lipinski definition) is 1. The molecule has 0 spiro atoms. The molecule has 1 heterocycles. The molecule has 1 N–H and O–H groups in total. The van der Waals surface area contributed by atoms with Crippen LogP contribution in [0.4, 0.5) is 0 Å². The zero-order valence-corrected chi connectivity index (χ0v) is 7.97. The van der Waals surface area contributed by atoms with Gasteiger partial charge in [-0.05, 0) is 6.42 Å². The Kier molecular flexibility index (Phi) is 3.41. The van der Waals surface area contributed by atoms with Crippen LogP contribution in [-0.4, -0.2) is 16.9 Å². The van der Waals surface area contributed by atoms with E-state index in [9.17, 15) is 4.79 Å². The summed E-state index contributed by atoms with van der Waals surface area (Å²) >= 11 is 1.26. The second kappa shape index (κ2) is 4.58. The standard InChI is InChI=1S/C8H9N3OS/c1-2-6(3-9)11-8(12)7-4-10-5-13-7/h4-6H,2H2,1H3,(H,11,12)/t6-/m0/s1. The Hall–Kier alpha value is -1.41. The van der Waals surface area contributed by atoms with Gasteiger partial charge in [0.15, 0.2) is 0 Å². The molecule has 68 valence electrons. The molecule has 1 aromatic heterocycles. The maximum absolute atomic E-state index is 11.3. The van der Waals surface area contributed by atoms with Gasteiger partial charge < -0.3 is 5.32 Å². The van der Waals surface area contributed by atoms with Crippen LogP contribution in [0.25, 0.3) is 0 Å². The molecule has 0 aliphatic heterocycles. The summed E-state index contributed by atoms with van der Waals surface area (Å²) in [5, 5.41) is 11.2. The summed E-state index contributed by atoms with van der Waals surface area (Å²) in [5.74, 6) is -0.226. The van der Waals surface area contributed by atoms with Crippen LogP contribution >= 0.6 is 11.3 Å². The van der Waals surface area contributed by atoms with Gasteiger partial charge in [0.1, 0.15) is 10.9 Å². The minimum Gasteiger partial charge on any atom is -0.336 e. The number of aromatic nitrogens is 1. The number of amides is 1. The van der Waals surface area contributed by atoms with Crippen LogP contribution in [0.15, 0.2) is 11.7 Å². The van der Waals surface area contributed by atoms with E-state index in [1.807, 2.05) is 13.0 Å². The molecule has 1 rings (SSSR count). The van der Waals surface area contributed by atoms with Crippen LogP contribution in [0.1, 0.15) is 23.0 Å². The Bertz CT molecular complexity index is 315. The Morgan fingerprint density at radius 1 is 1.92 bits per heavy atom. The number of hydrogen-bond acceptors (Lipinski definition) is 4. The first-order chi connectivity index (χ1) is 6.27. The fraction of sp³-hybridized carbons (Fsp3) is 0.375. The van der Waals surface area contributed by atoms with E-state index in [2.05, 4.69) is 10.3 Å². The summed E-state index contributed by atoms with van der Waals surface area (Å²) in [6, 6.07) is 1.59. The number of thiazole rings is 1. The van der Waals surface area contributed by atoms with Gasteiger partial charge in [-0.2, -0.15) is 5.26 Å². The number of nitrogens with one attached hydrogen (secondary N) is 1. The molecule has 1 amide bonds. The van der Waals surface area contributed by atoms with Gasteiger partial charge in [-0.1, -0.05) is 6.92 Å². The molecular formula is C8H9N3OS. The van der Waals surface area contributed by atoms with Crippen molar-refractivity contribution in [3.05, 3.63) is 16.6 Å². The van der Waals surface area contributed by atoms with Crippen LogP contribution in [-0.2, 0) is 0 Å². The van der Waals surface area contributed by atoms with Crippen molar-refractivity contribution in [2.45, 2.75) is 19.4 Å². The molecule has 0 unspecified atom stereocenters. The number of nitriles is 1. The fourth-order valence-corrected chi connectivity index (χ4v) is 1.31. The number of carbonyl (C=O) groups is 1. The summed E-state index contributed by atoms with van der Waals surface area (Å²) in [7, 11) is 0. The Balaban J connectivity index is 2.57. The van der Waals surface area contributed by atoms with Gasteiger partial charge in [-0.15, -0.1) is 11.3 Å². The minimum absolute atomic E-state index is 0.226. The number of rotatable bonds is 3. The SMILES string of the molecule is CC[C@@H](C#N)NC(=O)c1cncs1. The van der Waals surface area contributed by atoms with Gasteiger partial charge >= 0.3 is 0 Å².